The Kier molecular flexibility index (Phi) is 6.14. The van der Waals surface area contributed by atoms with Crippen LogP contribution in [0.1, 0.15) is 20.7 Å². The zero-order chi connectivity index (χ0) is 21.7. The van der Waals surface area contributed by atoms with Gasteiger partial charge >= 0.3 is 0 Å². The van der Waals surface area contributed by atoms with Crippen molar-refractivity contribution < 1.29 is 23.1 Å². The number of phenols is 1. The molecule has 0 aliphatic rings. The predicted octanol–water partition coefficient (Wildman–Crippen LogP) is 2.08. The minimum absolute atomic E-state index is 0.00346. The summed E-state index contributed by atoms with van der Waals surface area (Å²) in [6.45, 7) is 3.52. The Morgan fingerprint density at radius 1 is 0.933 bits per heavy atom. The lowest BCUT2D eigenvalue weighted by Crippen LogP contribution is -2.41. The number of hydrazine groups is 1. The number of amides is 2. The van der Waals surface area contributed by atoms with Crippen LogP contribution in [0, 0.1) is 0 Å². The summed E-state index contributed by atoms with van der Waals surface area (Å²) in [6, 6.07) is 15.4. The summed E-state index contributed by atoms with van der Waals surface area (Å²) in [6.07, 6.45) is 1.41. The Morgan fingerprint density at radius 3 is 2.17 bits per heavy atom. The molecule has 0 unspecified atom stereocenters. The van der Waals surface area contributed by atoms with Crippen LogP contribution >= 0.6 is 0 Å². The molecular formula is C21H19N3O5S. The molecule has 0 saturated carbocycles. The van der Waals surface area contributed by atoms with Crippen LogP contribution in [-0.4, -0.2) is 31.9 Å². The number of phenolic OH excluding ortho intramolecular Hbond substituents is 1. The molecule has 0 atom stereocenters. The van der Waals surface area contributed by atoms with E-state index in [4.69, 9.17) is 0 Å². The second-order valence-corrected chi connectivity index (χ2v) is 8.06. The van der Waals surface area contributed by atoms with Gasteiger partial charge in [-0.2, -0.15) is 0 Å². The van der Waals surface area contributed by atoms with Crippen molar-refractivity contribution in [1.82, 2.24) is 15.6 Å². The fourth-order valence-corrected chi connectivity index (χ4v) is 3.70. The van der Waals surface area contributed by atoms with Gasteiger partial charge in [0, 0.05) is 12.1 Å². The van der Waals surface area contributed by atoms with Crippen molar-refractivity contribution in [3.8, 4) is 5.75 Å². The van der Waals surface area contributed by atoms with Gasteiger partial charge in [-0.1, -0.05) is 30.3 Å². The highest BCUT2D eigenvalue weighted by Crippen LogP contribution is 2.24. The van der Waals surface area contributed by atoms with Crippen LogP contribution in [0.5, 0.6) is 5.75 Å². The largest absolute Gasteiger partial charge is 0.507 e. The fraction of sp³-hybridized carbons (Fsp3) is 0.0476. The third-order valence-corrected chi connectivity index (χ3v) is 5.68. The van der Waals surface area contributed by atoms with Gasteiger partial charge < -0.3 is 5.11 Å². The molecule has 9 heteroatoms. The van der Waals surface area contributed by atoms with Gasteiger partial charge in [-0.05, 0) is 47.2 Å². The molecule has 4 N–H and O–H groups in total. The number of nitrogens with one attached hydrogen (secondary N) is 3. The number of rotatable bonds is 6. The van der Waals surface area contributed by atoms with Crippen molar-refractivity contribution in [2.24, 2.45) is 0 Å². The molecule has 0 radical (unpaired) electrons. The monoisotopic (exact) mass is 425 g/mol. The third kappa shape index (κ3) is 4.65. The molecule has 0 heterocycles. The summed E-state index contributed by atoms with van der Waals surface area (Å²) in [7, 11) is -3.70. The molecule has 0 bridgehead atoms. The summed E-state index contributed by atoms with van der Waals surface area (Å²) in [5, 5.41) is 11.6. The minimum atomic E-state index is -3.70. The standard InChI is InChI=1S/C21H19N3O5S/c1-2-11-22-30(28,29)17-9-7-14(8-10-17)20(26)23-24-21(27)18-12-15-5-3-4-6-16(15)13-19(18)25/h2-10,12-13,22,25H,1,11H2,(H,23,26)(H,24,27). The van der Waals surface area contributed by atoms with Gasteiger partial charge in [-0.25, -0.2) is 13.1 Å². The van der Waals surface area contributed by atoms with Gasteiger partial charge in [0.15, 0.2) is 0 Å². The third-order valence-electron chi connectivity index (χ3n) is 4.24. The zero-order valence-corrected chi connectivity index (χ0v) is 16.6. The molecular weight excluding hydrogens is 406 g/mol. The topological polar surface area (TPSA) is 125 Å². The normalized spacial score (nSPS) is 11.1. The van der Waals surface area contributed by atoms with Crippen molar-refractivity contribution in [2.75, 3.05) is 6.54 Å². The molecule has 0 aromatic heterocycles. The van der Waals surface area contributed by atoms with Crippen molar-refractivity contribution >= 4 is 32.6 Å². The van der Waals surface area contributed by atoms with Crippen LogP contribution in [0.3, 0.4) is 0 Å². The van der Waals surface area contributed by atoms with Crippen LogP contribution in [0.4, 0.5) is 0 Å². The Hall–Kier alpha value is -3.69. The second-order valence-electron chi connectivity index (χ2n) is 6.29. The maximum Gasteiger partial charge on any atom is 0.273 e. The van der Waals surface area contributed by atoms with E-state index < -0.39 is 21.8 Å². The van der Waals surface area contributed by atoms with E-state index in [1.807, 2.05) is 6.07 Å². The van der Waals surface area contributed by atoms with E-state index >= 15 is 0 Å². The molecule has 0 aliphatic heterocycles. The summed E-state index contributed by atoms with van der Waals surface area (Å²) >= 11 is 0. The average Bonchev–Trinajstić information content (AvgIpc) is 2.75. The number of sulfonamides is 1. The molecule has 0 spiro atoms. The van der Waals surface area contributed by atoms with Crippen molar-refractivity contribution in [2.45, 2.75) is 4.90 Å². The van der Waals surface area contributed by atoms with E-state index in [1.165, 1.54) is 42.5 Å². The molecule has 0 aliphatic carbocycles. The average molecular weight is 425 g/mol. The van der Waals surface area contributed by atoms with Crippen LogP contribution in [0.2, 0.25) is 0 Å². The van der Waals surface area contributed by atoms with Crippen LogP contribution < -0.4 is 15.6 Å². The molecule has 154 valence electrons. The van der Waals surface area contributed by atoms with Crippen molar-refractivity contribution in [3.05, 3.63) is 84.4 Å². The van der Waals surface area contributed by atoms with E-state index in [0.29, 0.717) is 0 Å². The van der Waals surface area contributed by atoms with Gasteiger partial charge in [0.05, 0.1) is 10.5 Å². The van der Waals surface area contributed by atoms with Gasteiger partial charge in [0.2, 0.25) is 10.0 Å². The first-order valence-electron chi connectivity index (χ1n) is 8.85. The maximum atomic E-state index is 12.3. The second kappa shape index (κ2) is 8.76. The molecule has 2 amide bonds. The highest BCUT2D eigenvalue weighted by molar-refractivity contribution is 7.89. The number of benzene rings is 3. The number of hydrogen-bond donors (Lipinski definition) is 4. The molecule has 3 rings (SSSR count). The summed E-state index contributed by atoms with van der Waals surface area (Å²) < 4.78 is 26.4. The first-order chi connectivity index (χ1) is 14.3. The van der Waals surface area contributed by atoms with E-state index in [2.05, 4.69) is 22.2 Å². The maximum absolute atomic E-state index is 12.3. The number of carbonyl (C=O) groups is 2. The van der Waals surface area contributed by atoms with Crippen LogP contribution in [-0.2, 0) is 10.0 Å². The van der Waals surface area contributed by atoms with Gasteiger partial charge in [-0.15, -0.1) is 6.58 Å². The Bertz CT molecular complexity index is 1220. The van der Waals surface area contributed by atoms with E-state index in [0.717, 1.165) is 10.8 Å². The van der Waals surface area contributed by atoms with Crippen LogP contribution in [0.15, 0.2) is 78.2 Å². The number of aromatic hydroxyl groups is 1. The summed E-state index contributed by atoms with van der Waals surface area (Å²) in [5.41, 5.74) is 4.62. The smallest absolute Gasteiger partial charge is 0.273 e. The molecule has 3 aromatic carbocycles. The molecule has 30 heavy (non-hydrogen) atoms. The van der Waals surface area contributed by atoms with Crippen molar-refractivity contribution in [3.63, 3.8) is 0 Å². The Balaban J connectivity index is 1.67. The van der Waals surface area contributed by atoms with Crippen LogP contribution in [0.25, 0.3) is 10.8 Å². The van der Waals surface area contributed by atoms with E-state index in [-0.39, 0.29) is 28.3 Å². The summed E-state index contributed by atoms with van der Waals surface area (Å²) in [5.74, 6) is -1.56. The molecule has 8 nitrogen and oxygen atoms in total. The highest BCUT2D eigenvalue weighted by atomic mass is 32.2. The SMILES string of the molecule is C=CCNS(=O)(=O)c1ccc(C(=O)NNC(=O)c2cc3ccccc3cc2O)cc1. The Labute approximate surface area is 173 Å². The lowest BCUT2D eigenvalue weighted by molar-refractivity contribution is 0.0845. The molecule has 0 saturated heterocycles. The summed E-state index contributed by atoms with van der Waals surface area (Å²) in [4.78, 5) is 24.6. The molecule has 0 fully saturated rings. The van der Waals surface area contributed by atoms with E-state index in [9.17, 15) is 23.1 Å². The number of hydrogen-bond acceptors (Lipinski definition) is 5. The Morgan fingerprint density at radius 2 is 1.53 bits per heavy atom. The lowest BCUT2D eigenvalue weighted by atomic mass is 10.1. The fourth-order valence-electron chi connectivity index (χ4n) is 2.70. The zero-order valence-electron chi connectivity index (χ0n) is 15.8. The highest BCUT2D eigenvalue weighted by Gasteiger charge is 2.16. The first kappa shape index (κ1) is 21.0. The van der Waals surface area contributed by atoms with Gasteiger partial charge in [0.1, 0.15) is 5.75 Å². The lowest BCUT2D eigenvalue weighted by Gasteiger charge is -2.10. The van der Waals surface area contributed by atoms with E-state index in [1.54, 1.807) is 18.2 Å². The number of fused-ring (bicyclic) bond motifs is 1. The van der Waals surface area contributed by atoms with Gasteiger partial charge in [0.25, 0.3) is 11.8 Å². The first-order valence-corrected chi connectivity index (χ1v) is 10.3. The predicted molar refractivity (Wildman–Crippen MR) is 112 cm³/mol. The molecule has 3 aromatic rings. The van der Waals surface area contributed by atoms with Crippen molar-refractivity contribution in [1.29, 1.82) is 0 Å². The quantitative estimate of drug-likeness (QED) is 0.356. The minimum Gasteiger partial charge on any atom is -0.507 e. The van der Waals surface area contributed by atoms with Gasteiger partial charge in [-0.3, -0.25) is 20.4 Å². The number of carbonyl (C=O) groups excluding carboxylic acids is 2.